The maximum Gasteiger partial charge on any atom is 0.308 e. The molecule has 2 atom stereocenters. The van der Waals surface area contributed by atoms with Crippen LogP contribution < -0.4 is 5.32 Å². The van der Waals surface area contributed by atoms with Crippen LogP contribution in [-0.2, 0) is 9.53 Å². The first kappa shape index (κ1) is 15.7. The lowest BCUT2D eigenvalue weighted by Crippen LogP contribution is -2.36. The maximum atomic E-state index is 11.1. The molecule has 0 aromatic carbocycles. The molecule has 0 fully saturated rings. The van der Waals surface area contributed by atoms with Gasteiger partial charge >= 0.3 is 5.97 Å². The van der Waals surface area contributed by atoms with Crippen LogP contribution in [0.25, 0.3) is 0 Å². The van der Waals surface area contributed by atoms with Gasteiger partial charge in [-0.3, -0.25) is 4.79 Å². The van der Waals surface area contributed by atoms with Gasteiger partial charge in [-0.2, -0.15) is 11.8 Å². The number of esters is 1. The van der Waals surface area contributed by atoms with Gasteiger partial charge in [-0.1, -0.05) is 6.92 Å². The van der Waals surface area contributed by atoms with E-state index in [1.807, 2.05) is 11.8 Å². The SMILES string of the molecule is CCOC(=O)CC(O)CNC(C)CSCC. The molecule has 5 heteroatoms. The van der Waals surface area contributed by atoms with Gasteiger partial charge in [-0.05, 0) is 19.6 Å². The van der Waals surface area contributed by atoms with Gasteiger partial charge in [0.05, 0.1) is 19.1 Å². The molecule has 96 valence electrons. The number of nitrogens with one attached hydrogen (secondary N) is 1. The molecule has 0 saturated heterocycles. The molecule has 0 heterocycles. The summed E-state index contributed by atoms with van der Waals surface area (Å²) in [5.74, 6) is 1.77. The van der Waals surface area contributed by atoms with Gasteiger partial charge in [0.2, 0.25) is 0 Å². The highest BCUT2D eigenvalue weighted by atomic mass is 32.2. The number of hydrogen-bond donors (Lipinski definition) is 2. The fourth-order valence-corrected chi connectivity index (χ4v) is 1.88. The number of ether oxygens (including phenoxy) is 1. The second-order valence-electron chi connectivity index (χ2n) is 3.63. The highest BCUT2D eigenvalue weighted by Crippen LogP contribution is 2.01. The fraction of sp³-hybridized carbons (Fsp3) is 0.909. The van der Waals surface area contributed by atoms with Crippen molar-refractivity contribution in [2.24, 2.45) is 0 Å². The summed E-state index contributed by atoms with van der Waals surface area (Å²) in [6, 6.07) is 0.349. The molecule has 16 heavy (non-hydrogen) atoms. The fourth-order valence-electron chi connectivity index (χ4n) is 1.18. The van der Waals surface area contributed by atoms with Crippen LogP contribution in [0.4, 0.5) is 0 Å². The summed E-state index contributed by atoms with van der Waals surface area (Å²) in [7, 11) is 0. The summed E-state index contributed by atoms with van der Waals surface area (Å²) in [4.78, 5) is 11.1. The molecule has 0 rings (SSSR count). The second-order valence-corrected chi connectivity index (χ2v) is 4.95. The molecule has 0 aliphatic carbocycles. The maximum absolute atomic E-state index is 11.1. The van der Waals surface area contributed by atoms with Gasteiger partial charge in [-0.25, -0.2) is 0 Å². The molecule has 0 saturated carbocycles. The first-order valence-corrected chi connectivity index (χ1v) is 6.90. The summed E-state index contributed by atoms with van der Waals surface area (Å²) < 4.78 is 4.75. The number of carbonyl (C=O) groups is 1. The van der Waals surface area contributed by atoms with Crippen LogP contribution in [0.15, 0.2) is 0 Å². The van der Waals surface area contributed by atoms with E-state index in [9.17, 15) is 9.90 Å². The molecule has 2 N–H and O–H groups in total. The number of hydrogen-bond acceptors (Lipinski definition) is 5. The molecule has 2 unspecified atom stereocenters. The topological polar surface area (TPSA) is 58.6 Å². The first-order valence-electron chi connectivity index (χ1n) is 5.74. The van der Waals surface area contributed by atoms with Crippen LogP contribution in [0.5, 0.6) is 0 Å². The third-order valence-corrected chi connectivity index (χ3v) is 3.13. The highest BCUT2D eigenvalue weighted by Gasteiger charge is 2.12. The van der Waals surface area contributed by atoms with Crippen LogP contribution in [-0.4, -0.2) is 47.9 Å². The van der Waals surface area contributed by atoms with E-state index in [0.717, 1.165) is 11.5 Å². The van der Waals surface area contributed by atoms with Crippen molar-refractivity contribution in [3.8, 4) is 0 Å². The predicted molar refractivity (Wildman–Crippen MR) is 67.7 cm³/mol. The van der Waals surface area contributed by atoms with E-state index in [1.54, 1.807) is 6.92 Å². The molecule has 0 aliphatic heterocycles. The Morgan fingerprint density at radius 3 is 2.75 bits per heavy atom. The normalized spacial score (nSPS) is 14.5. The lowest BCUT2D eigenvalue weighted by Gasteiger charge is -2.16. The number of aliphatic hydroxyl groups excluding tert-OH is 1. The molecular formula is C11H23NO3S. The molecular weight excluding hydrogens is 226 g/mol. The van der Waals surface area contributed by atoms with Crippen molar-refractivity contribution in [1.29, 1.82) is 0 Å². The molecule has 0 bridgehead atoms. The molecule has 0 aromatic rings. The Bertz CT molecular complexity index is 190. The highest BCUT2D eigenvalue weighted by molar-refractivity contribution is 7.99. The minimum atomic E-state index is -0.659. The average Bonchev–Trinajstić information content (AvgIpc) is 2.23. The molecule has 4 nitrogen and oxygen atoms in total. The largest absolute Gasteiger partial charge is 0.466 e. The molecule has 0 aliphatic rings. The Hall–Kier alpha value is -0.260. The van der Waals surface area contributed by atoms with Crippen molar-refractivity contribution in [2.45, 2.75) is 39.3 Å². The van der Waals surface area contributed by atoms with Crippen molar-refractivity contribution < 1.29 is 14.6 Å². The van der Waals surface area contributed by atoms with Gasteiger partial charge in [-0.15, -0.1) is 0 Å². The van der Waals surface area contributed by atoms with Gasteiger partial charge in [0, 0.05) is 18.3 Å². The predicted octanol–water partition coefficient (Wildman–Crippen LogP) is 1.03. The summed E-state index contributed by atoms with van der Waals surface area (Å²) in [5, 5.41) is 12.7. The van der Waals surface area contributed by atoms with Crippen molar-refractivity contribution in [3.63, 3.8) is 0 Å². The summed E-state index contributed by atoms with van der Waals surface area (Å²) in [6.45, 7) is 6.74. The van der Waals surface area contributed by atoms with Crippen LogP contribution in [0.3, 0.4) is 0 Å². The number of rotatable bonds is 9. The second kappa shape index (κ2) is 9.93. The van der Waals surface area contributed by atoms with Crippen LogP contribution in [0.2, 0.25) is 0 Å². The van der Waals surface area contributed by atoms with Gasteiger partial charge in [0.15, 0.2) is 0 Å². The van der Waals surface area contributed by atoms with E-state index < -0.39 is 6.10 Å². The Labute approximate surface area is 102 Å². The summed E-state index contributed by atoms with van der Waals surface area (Å²) in [6.07, 6.45) is -0.595. The van der Waals surface area contributed by atoms with E-state index in [2.05, 4.69) is 19.2 Å². The van der Waals surface area contributed by atoms with E-state index in [1.165, 1.54) is 0 Å². The third-order valence-electron chi connectivity index (χ3n) is 1.98. The van der Waals surface area contributed by atoms with Gasteiger partial charge in [0.25, 0.3) is 0 Å². The Morgan fingerprint density at radius 1 is 1.50 bits per heavy atom. The van der Waals surface area contributed by atoms with E-state index in [4.69, 9.17) is 4.74 Å². The molecule has 0 aromatic heterocycles. The van der Waals surface area contributed by atoms with Crippen molar-refractivity contribution in [3.05, 3.63) is 0 Å². The van der Waals surface area contributed by atoms with Crippen LogP contribution >= 0.6 is 11.8 Å². The lowest BCUT2D eigenvalue weighted by molar-refractivity contribution is -0.145. The van der Waals surface area contributed by atoms with E-state index >= 15 is 0 Å². The minimum absolute atomic E-state index is 0.0640. The van der Waals surface area contributed by atoms with Crippen LogP contribution in [0, 0.1) is 0 Å². The minimum Gasteiger partial charge on any atom is -0.466 e. The zero-order valence-electron chi connectivity index (χ0n) is 10.4. The van der Waals surface area contributed by atoms with Crippen molar-refractivity contribution in [2.75, 3.05) is 24.7 Å². The monoisotopic (exact) mass is 249 g/mol. The first-order chi connectivity index (χ1) is 7.60. The van der Waals surface area contributed by atoms with E-state index in [0.29, 0.717) is 19.2 Å². The lowest BCUT2D eigenvalue weighted by atomic mass is 10.2. The van der Waals surface area contributed by atoms with E-state index in [-0.39, 0.29) is 12.4 Å². The Balaban J connectivity index is 3.55. The van der Waals surface area contributed by atoms with Crippen LogP contribution in [0.1, 0.15) is 27.2 Å². The zero-order valence-corrected chi connectivity index (χ0v) is 11.2. The smallest absolute Gasteiger partial charge is 0.308 e. The van der Waals surface area contributed by atoms with Gasteiger partial charge in [0.1, 0.15) is 0 Å². The van der Waals surface area contributed by atoms with Crippen molar-refractivity contribution in [1.82, 2.24) is 5.32 Å². The summed E-state index contributed by atoms with van der Waals surface area (Å²) in [5.41, 5.74) is 0. The zero-order chi connectivity index (χ0) is 12.4. The quantitative estimate of drug-likeness (QED) is 0.598. The Kier molecular flexibility index (Phi) is 9.77. The molecule has 0 amide bonds. The Morgan fingerprint density at radius 2 is 2.19 bits per heavy atom. The molecule has 0 radical (unpaired) electrons. The average molecular weight is 249 g/mol. The summed E-state index contributed by atoms with van der Waals surface area (Å²) >= 11 is 1.85. The van der Waals surface area contributed by atoms with Gasteiger partial charge < -0.3 is 15.2 Å². The molecule has 0 spiro atoms. The van der Waals surface area contributed by atoms with Crippen molar-refractivity contribution >= 4 is 17.7 Å². The number of thioether (sulfide) groups is 1. The third kappa shape index (κ3) is 9.00. The number of aliphatic hydroxyl groups is 1. The standard InChI is InChI=1S/C11H23NO3S/c1-4-15-11(14)6-10(13)7-12-9(3)8-16-5-2/h9-10,12-13H,4-8H2,1-3H3. The number of carbonyl (C=O) groups excluding carboxylic acids is 1.